The maximum absolute atomic E-state index is 14.0. The number of hydrogen-bond acceptors (Lipinski definition) is 2. The minimum Gasteiger partial charge on any atom is -0.328 e. The molecule has 0 fully saturated rings. The van der Waals surface area contributed by atoms with Crippen molar-refractivity contribution < 1.29 is 13.2 Å². The summed E-state index contributed by atoms with van der Waals surface area (Å²) in [5.74, 6) is -1.74. The Morgan fingerprint density at radius 1 is 1.04 bits per heavy atom. The van der Waals surface area contributed by atoms with Crippen LogP contribution in [0.4, 0.5) is 13.2 Å². The molecule has 0 amide bonds. The van der Waals surface area contributed by atoms with Crippen LogP contribution in [0.15, 0.2) is 47.2 Å². The first kappa shape index (κ1) is 16.7. The van der Waals surface area contributed by atoms with E-state index in [2.05, 4.69) is 20.9 Å². The fraction of sp³-hybridized carbons (Fsp3) is 0.118. The number of halogens is 4. The average molecular weight is 396 g/mol. The summed E-state index contributed by atoms with van der Waals surface area (Å²) in [5.41, 5.74) is 7.25. The SMILES string of the molecule is NCc1c(-c2ccc(F)cc2F)ncn1Cc1cc(Br)ccc1F. The van der Waals surface area contributed by atoms with E-state index in [1.807, 2.05) is 0 Å². The minimum atomic E-state index is -0.719. The van der Waals surface area contributed by atoms with Crippen LogP contribution in [-0.4, -0.2) is 9.55 Å². The number of nitrogens with two attached hydrogens (primary N) is 1. The Bertz CT molecular complexity index is 893. The first-order chi connectivity index (χ1) is 11.5. The lowest BCUT2D eigenvalue weighted by atomic mass is 10.1. The van der Waals surface area contributed by atoms with Crippen LogP contribution in [0.25, 0.3) is 11.3 Å². The van der Waals surface area contributed by atoms with Gasteiger partial charge >= 0.3 is 0 Å². The average Bonchev–Trinajstić information content (AvgIpc) is 2.93. The first-order valence-electron chi connectivity index (χ1n) is 7.13. The largest absolute Gasteiger partial charge is 0.328 e. The molecule has 3 rings (SSSR count). The molecule has 124 valence electrons. The molecule has 3 aromatic rings. The van der Waals surface area contributed by atoms with Crippen LogP contribution in [-0.2, 0) is 13.1 Å². The van der Waals surface area contributed by atoms with Gasteiger partial charge in [-0.15, -0.1) is 0 Å². The van der Waals surface area contributed by atoms with E-state index in [0.29, 0.717) is 17.0 Å². The van der Waals surface area contributed by atoms with Crippen molar-refractivity contribution in [2.45, 2.75) is 13.1 Å². The molecule has 0 bridgehead atoms. The van der Waals surface area contributed by atoms with E-state index in [4.69, 9.17) is 5.73 Å². The van der Waals surface area contributed by atoms with E-state index >= 15 is 0 Å². The van der Waals surface area contributed by atoms with Crippen molar-refractivity contribution in [3.63, 3.8) is 0 Å². The van der Waals surface area contributed by atoms with Gasteiger partial charge in [-0.3, -0.25) is 0 Å². The normalized spacial score (nSPS) is 11.0. The zero-order chi connectivity index (χ0) is 17.3. The van der Waals surface area contributed by atoms with Gasteiger partial charge in [0.15, 0.2) is 0 Å². The van der Waals surface area contributed by atoms with Crippen molar-refractivity contribution in [2.24, 2.45) is 5.73 Å². The lowest BCUT2D eigenvalue weighted by Crippen LogP contribution is -2.10. The summed E-state index contributed by atoms with van der Waals surface area (Å²) in [5, 5.41) is 0. The maximum Gasteiger partial charge on any atom is 0.135 e. The van der Waals surface area contributed by atoms with E-state index < -0.39 is 11.6 Å². The molecule has 0 atom stereocenters. The fourth-order valence-electron chi connectivity index (χ4n) is 2.51. The summed E-state index contributed by atoms with van der Waals surface area (Å²) in [7, 11) is 0. The zero-order valence-electron chi connectivity index (χ0n) is 12.4. The Morgan fingerprint density at radius 2 is 1.83 bits per heavy atom. The second-order valence-electron chi connectivity index (χ2n) is 5.23. The van der Waals surface area contributed by atoms with Gasteiger partial charge in [0.2, 0.25) is 0 Å². The molecule has 0 unspecified atom stereocenters. The predicted molar refractivity (Wildman–Crippen MR) is 88.7 cm³/mol. The van der Waals surface area contributed by atoms with Crippen molar-refractivity contribution in [1.29, 1.82) is 0 Å². The maximum atomic E-state index is 14.0. The van der Waals surface area contributed by atoms with Crippen molar-refractivity contribution in [3.05, 3.63) is 75.9 Å². The van der Waals surface area contributed by atoms with Gasteiger partial charge in [0, 0.05) is 28.2 Å². The first-order valence-corrected chi connectivity index (χ1v) is 7.92. The molecule has 0 saturated carbocycles. The highest BCUT2D eigenvalue weighted by Gasteiger charge is 2.16. The monoisotopic (exact) mass is 395 g/mol. The highest BCUT2D eigenvalue weighted by Crippen LogP contribution is 2.26. The van der Waals surface area contributed by atoms with Crippen molar-refractivity contribution in [2.75, 3.05) is 0 Å². The second kappa shape index (κ2) is 6.78. The van der Waals surface area contributed by atoms with Gasteiger partial charge < -0.3 is 10.3 Å². The quantitative estimate of drug-likeness (QED) is 0.717. The van der Waals surface area contributed by atoms with Gasteiger partial charge in [-0.25, -0.2) is 18.2 Å². The van der Waals surface area contributed by atoms with E-state index in [9.17, 15) is 13.2 Å². The number of benzene rings is 2. The highest BCUT2D eigenvalue weighted by atomic mass is 79.9. The fourth-order valence-corrected chi connectivity index (χ4v) is 2.92. The van der Waals surface area contributed by atoms with Crippen molar-refractivity contribution in [1.82, 2.24) is 9.55 Å². The molecule has 0 aliphatic carbocycles. The van der Waals surface area contributed by atoms with Crippen LogP contribution in [0.5, 0.6) is 0 Å². The molecule has 3 nitrogen and oxygen atoms in total. The van der Waals surface area contributed by atoms with Crippen molar-refractivity contribution >= 4 is 15.9 Å². The summed E-state index contributed by atoms with van der Waals surface area (Å²) in [4.78, 5) is 4.18. The van der Waals surface area contributed by atoms with Crippen LogP contribution < -0.4 is 5.73 Å². The summed E-state index contributed by atoms with van der Waals surface area (Å²) in [6.07, 6.45) is 1.47. The van der Waals surface area contributed by atoms with E-state index in [-0.39, 0.29) is 24.5 Å². The Balaban J connectivity index is 2.02. The highest BCUT2D eigenvalue weighted by molar-refractivity contribution is 9.10. The molecule has 1 aromatic heterocycles. The third-order valence-corrected chi connectivity index (χ3v) is 4.17. The summed E-state index contributed by atoms with van der Waals surface area (Å²) in [6.45, 7) is 0.287. The zero-order valence-corrected chi connectivity index (χ0v) is 14.0. The van der Waals surface area contributed by atoms with Crippen molar-refractivity contribution in [3.8, 4) is 11.3 Å². The lowest BCUT2D eigenvalue weighted by molar-refractivity contribution is 0.584. The van der Waals surface area contributed by atoms with E-state index in [1.54, 1.807) is 16.7 Å². The molecule has 0 aliphatic heterocycles. The number of hydrogen-bond donors (Lipinski definition) is 1. The van der Waals surface area contributed by atoms with Gasteiger partial charge in [-0.2, -0.15) is 0 Å². The topological polar surface area (TPSA) is 43.8 Å². The van der Waals surface area contributed by atoms with E-state index in [0.717, 1.165) is 16.6 Å². The lowest BCUT2D eigenvalue weighted by Gasteiger charge is -2.10. The molecule has 0 aliphatic rings. The standard InChI is InChI=1S/C17H13BrF3N3/c18-11-1-4-14(20)10(5-11)8-24-9-23-17(16(24)7-22)13-3-2-12(19)6-15(13)21/h1-6,9H,7-8,22H2. The molecule has 2 aromatic carbocycles. The molecule has 7 heteroatoms. The molecule has 24 heavy (non-hydrogen) atoms. The number of aromatic nitrogens is 2. The Morgan fingerprint density at radius 3 is 2.54 bits per heavy atom. The summed E-state index contributed by atoms with van der Waals surface area (Å²) >= 11 is 3.30. The predicted octanol–water partition coefficient (Wildman–Crippen LogP) is 4.24. The summed E-state index contributed by atoms with van der Waals surface area (Å²) in [6, 6.07) is 7.90. The number of rotatable bonds is 4. The van der Waals surface area contributed by atoms with Crippen LogP contribution in [0.2, 0.25) is 0 Å². The Labute approximate surface area is 145 Å². The molecular weight excluding hydrogens is 383 g/mol. The van der Waals surface area contributed by atoms with Crippen LogP contribution in [0, 0.1) is 17.5 Å². The molecule has 2 N–H and O–H groups in total. The molecular formula is C17H13BrF3N3. The summed E-state index contributed by atoms with van der Waals surface area (Å²) < 4.78 is 43.4. The third kappa shape index (κ3) is 3.22. The molecule has 0 spiro atoms. The number of nitrogens with zero attached hydrogens (tertiary/aromatic N) is 2. The van der Waals surface area contributed by atoms with Gasteiger partial charge in [0.25, 0.3) is 0 Å². The second-order valence-corrected chi connectivity index (χ2v) is 6.15. The van der Waals surface area contributed by atoms with Gasteiger partial charge in [0.1, 0.15) is 17.5 Å². The van der Waals surface area contributed by atoms with Gasteiger partial charge in [0.05, 0.1) is 24.3 Å². The Hall–Kier alpha value is -2.12. The van der Waals surface area contributed by atoms with Crippen LogP contribution in [0.1, 0.15) is 11.3 Å². The molecule has 1 heterocycles. The van der Waals surface area contributed by atoms with Gasteiger partial charge in [-0.05, 0) is 30.3 Å². The van der Waals surface area contributed by atoms with Crippen LogP contribution in [0.3, 0.4) is 0 Å². The van der Waals surface area contributed by atoms with Gasteiger partial charge in [-0.1, -0.05) is 15.9 Å². The van der Waals surface area contributed by atoms with Crippen LogP contribution >= 0.6 is 15.9 Å². The Kier molecular flexibility index (Phi) is 4.73. The number of imidazole rings is 1. The minimum absolute atomic E-state index is 0.0851. The molecule has 0 saturated heterocycles. The molecule has 0 radical (unpaired) electrons. The smallest absolute Gasteiger partial charge is 0.135 e. The van der Waals surface area contributed by atoms with E-state index in [1.165, 1.54) is 18.5 Å². The third-order valence-electron chi connectivity index (χ3n) is 3.67.